The smallest absolute Gasteiger partial charge is 0.0203 e. The predicted molar refractivity (Wildman–Crippen MR) is 71.0 cm³/mol. The van der Waals surface area contributed by atoms with E-state index in [1.807, 2.05) is 0 Å². The molecule has 0 aromatic rings. The zero-order valence-electron chi connectivity index (χ0n) is 11.4. The van der Waals surface area contributed by atoms with Crippen LogP contribution in [0.3, 0.4) is 0 Å². The number of allylic oxidation sites excluding steroid dienone is 4. The van der Waals surface area contributed by atoms with Gasteiger partial charge in [-0.05, 0) is 32.1 Å². The monoisotopic (exact) mass is 208 g/mol. The topological polar surface area (TPSA) is 0 Å². The van der Waals surface area contributed by atoms with Crippen LogP contribution in [-0.2, 0) is 0 Å². The molecule has 0 nitrogen and oxygen atoms in total. The molecule has 0 bridgehead atoms. The average Bonchev–Trinajstić information content (AvgIpc) is 2.24. The molecule has 0 aromatic heterocycles. The highest BCUT2D eigenvalue weighted by Gasteiger charge is 2.13. The molecule has 2 atom stereocenters. The minimum atomic E-state index is 0.714. The van der Waals surface area contributed by atoms with E-state index in [0.717, 1.165) is 12.3 Å². The van der Waals surface area contributed by atoms with Gasteiger partial charge >= 0.3 is 0 Å². The molecule has 15 heavy (non-hydrogen) atoms. The van der Waals surface area contributed by atoms with Crippen molar-refractivity contribution in [1.29, 1.82) is 0 Å². The normalized spacial score (nSPS) is 17.7. The fraction of sp³-hybridized carbons (Fsp3) is 0.733. The van der Waals surface area contributed by atoms with Gasteiger partial charge in [0, 0.05) is 0 Å². The number of hydrogen-bond acceptors (Lipinski definition) is 0. The zero-order chi connectivity index (χ0) is 11.8. The molecule has 0 N–H and O–H groups in total. The Kier molecular flexibility index (Phi) is 7.46. The Bertz CT molecular complexity index is 220. The molecule has 0 fully saturated rings. The first-order chi connectivity index (χ1) is 7.04. The highest BCUT2D eigenvalue weighted by Crippen LogP contribution is 2.26. The standard InChI is InChI=1S/C15H28/c1-7-9-11-13(4)15(6)14(5)12(3)10-8-2/h9,11-12,14H,7-8,10H2,1-6H3. The minimum Gasteiger partial charge on any atom is -0.0845 e. The van der Waals surface area contributed by atoms with E-state index in [1.165, 1.54) is 18.4 Å². The van der Waals surface area contributed by atoms with Crippen LogP contribution < -0.4 is 0 Å². The molecule has 0 amide bonds. The van der Waals surface area contributed by atoms with Crippen molar-refractivity contribution >= 4 is 0 Å². The van der Waals surface area contributed by atoms with Crippen molar-refractivity contribution in [3.05, 3.63) is 23.3 Å². The summed E-state index contributed by atoms with van der Waals surface area (Å²) in [5.41, 5.74) is 3.01. The molecule has 0 aliphatic rings. The van der Waals surface area contributed by atoms with Crippen LogP contribution in [0.5, 0.6) is 0 Å². The van der Waals surface area contributed by atoms with Crippen LogP contribution in [0.25, 0.3) is 0 Å². The molecule has 0 spiro atoms. The summed E-state index contributed by atoms with van der Waals surface area (Å²) >= 11 is 0. The van der Waals surface area contributed by atoms with Gasteiger partial charge in [0.25, 0.3) is 0 Å². The fourth-order valence-electron chi connectivity index (χ4n) is 1.92. The summed E-state index contributed by atoms with van der Waals surface area (Å²) in [7, 11) is 0. The summed E-state index contributed by atoms with van der Waals surface area (Å²) in [6, 6.07) is 0. The van der Waals surface area contributed by atoms with Gasteiger partial charge in [-0.1, -0.05) is 63.8 Å². The zero-order valence-corrected chi connectivity index (χ0v) is 11.4. The van der Waals surface area contributed by atoms with Crippen molar-refractivity contribution in [2.75, 3.05) is 0 Å². The average molecular weight is 208 g/mol. The lowest BCUT2D eigenvalue weighted by Crippen LogP contribution is -2.10. The summed E-state index contributed by atoms with van der Waals surface area (Å²) in [6.45, 7) is 13.7. The highest BCUT2D eigenvalue weighted by molar-refractivity contribution is 5.24. The summed E-state index contributed by atoms with van der Waals surface area (Å²) < 4.78 is 0. The molecule has 0 aliphatic heterocycles. The van der Waals surface area contributed by atoms with Crippen LogP contribution in [0.4, 0.5) is 0 Å². The first-order valence-electron chi connectivity index (χ1n) is 6.38. The summed E-state index contributed by atoms with van der Waals surface area (Å²) in [5, 5.41) is 0. The van der Waals surface area contributed by atoms with Gasteiger partial charge in [-0.3, -0.25) is 0 Å². The molecule has 0 aliphatic carbocycles. The first-order valence-corrected chi connectivity index (χ1v) is 6.38. The SMILES string of the molecule is CCC=CC(C)=C(C)C(C)C(C)CCC. The number of hydrogen-bond donors (Lipinski definition) is 0. The van der Waals surface area contributed by atoms with Gasteiger partial charge in [-0.25, -0.2) is 0 Å². The molecule has 0 aromatic carbocycles. The van der Waals surface area contributed by atoms with E-state index in [2.05, 4.69) is 53.7 Å². The molecule has 0 radical (unpaired) electrons. The van der Waals surface area contributed by atoms with Gasteiger partial charge in [0.1, 0.15) is 0 Å². The third kappa shape index (κ3) is 5.20. The lowest BCUT2D eigenvalue weighted by atomic mass is 9.84. The van der Waals surface area contributed by atoms with Crippen LogP contribution in [0, 0.1) is 11.8 Å². The third-order valence-electron chi connectivity index (χ3n) is 3.51. The highest BCUT2D eigenvalue weighted by atomic mass is 14.2. The van der Waals surface area contributed by atoms with Gasteiger partial charge in [0.05, 0.1) is 0 Å². The van der Waals surface area contributed by atoms with Gasteiger partial charge in [-0.15, -0.1) is 0 Å². The number of rotatable bonds is 6. The maximum atomic E-state index is 2.37. The van der Waals surface area contributed by atoms with E-state index in [-0.39, 0.29) is 0 Å². The summed E-state index contributed by atoms with van der Waals surface area (Å²) in [6.07, 6.45) is 8.27. The Morgan fingerprint density at radius 3 is 2.20 bits per heavy atom. The van der Waals surface area contributed by atoms with Gasteiger partial charge in [-0.2, -0.15) is 0 Å². The Balaban J connectivity index is 4.52. The Hall–Kier alpha value is -0.520. The van der Waals surface area contributed by atoms with Crippen molar-refractivity contribution in [1.82, 2.24) is 0 Å². The fourth-order valence-corrected chi connectivity index (χ4v) is 1.92. The maximum absolute atomic E-state index is 2.37. The van der Waals surface area contributed by atoms with E-state index in [4.69, 9.17) is 0 Å². The van der Waals surface area contributed by atoms with Crippen molar-refractivity contribution in [2.24, 2.45) is 11.8 Å². The van der Waals surface area contributed by atoms with Gasteiger partial charge in [0.15, 0.2) is 0 Å². The third-order valence-corrected chi connectivity index (χ3v) is 3.51. The summed E-state index contributed by atoms with van der Waals surface area (Å²) in [5.74, 6) is 1.52. The Morgan fingerprint density at radius 2 is 1.73 bits per heavy atom. The minimum absolute atomic E-state index is 0.714. The van der Waals surface area contributed by atoms with Gasteiger partial charge in [0.2, 0.25) is 0 Å². The van der Waals surface area contributed by atoms with Gasteiger partial charge < -0.3 is 0 Å². The van der Waals surface area contributed by atoms with Crippen LogP contribution in [0.1, 0.15) is 60.8 Å². The van der Waals surface area contributed by atoms with Crippen molar-refractivity contribution in [3.63, 3.8) is 0 Å². The largest absolute Gasteiger partial charge is 0.0845 e. The van der Waals surface area contributed by atoms with Crippen LogP contribution >= 0.6 is 0 Å². The molecule has 0 saturated carbocycles. The lowest BCUT2D eigenvalue weighted by molar-refractivity contribution is 0.405. The second kappa shape index (κ2) is 7.73. The quantitative estimate of drug-likeness (QED) is 0.515. The molecule has 0 saturated heterocycles. The van der Waals surface area contributed by atoms with E-state index in [0.29, 0.717) is 5.92 Å². The lowest BCUT2D eigenvalue weighted by Gasteiger charge is -2.21. The second-order valence-corrected chi connectivity index (χ2v) is 4.73. The van der Waals surface area contributed by atoms with E-state index >= 15 is 0 Å². The van der Waals surface area contributed by atoms with E-state index < -0.39 is 0 Å². The molecule has 2 unspecified atom stereocenters. The molecular weight excluding hydrogens is 180 g/mol. The van der Waals surface area contributed by atoms with Crippen molar-refractivity contribution in [3.8, 4) is 0 Å². The van der Waals surface area contributed by atoms with E-state index in [9.17, 15) is 0 Å². The molecule has 0 heterocycles. The maximum Gasteiger partial charge on any atom is -0.0203 e. The Morgan fingerprint density at radius 1 is 1.13 bits per heavy atom. The molecular formula is C15H28. The van der Waals surface area contributed by atoms with Crippen molar-refractivity contribution in [2.45, 2.75) is 60.8 Å². The van der Waals surface area contributed by atoms with Crippen LogP contribution in [-0.4, -0.2) is 0 Å². The molecule has 0 heteroatoms. The predicted octanol–water partition coefficient (Wildman–Crippen LogP) is 5.36. The second-order valence-electron chi connectivity index (χ2n) is 4.73. The first kappa shape index (κ1) is 14.5. The van der Waals surface area contributed by atoms with E-state index in [1.54, 1.807) is 5.57 Å². The van der Waals surface area contributed by atoms with Crippen molar-refractivity contribution < 1.29 is 0 Å². The molecule has 88 valence electrons. The van der Waals surface area contributed by atoms with Crippen LogP contribution in [0.15, 0.2) is 23.3 Å². The Labute approximate surface area is 96.5 Å². The summed E-state index contributed by atoms with van der Waals surface area (Å²) in [4.78, 5) is 0. The molecule has 0 rings (SSSR count). The van der Waals surface area contributed by atoms with Crippen LogP contribution in [0.2, 0.25) is 0 Å².